The SMILES string of the molecule is C.CCCC[NH+]1CCCC1. The molecule has 0 atom stereocenters. The molecule has 0 spiro atoms. The third-order valence-electron chi connectivity index (χ3n) is 2.19. The fraction of sp³-hybridized carbons (Fsp3) is 1.00. The van der Waals surface area contributed by atoms with E-state index >= 15 is 0 Å². The normalized spacial score (nSPS) is 18.9. The first-order chi connectivity index (χ1) is 4.43. The fourth-order valence-electron chi connectivity index (χ4n) is 1.55. The molecule has 1 aliphatic rings. The van der Waals surface area contributed by atoms with E-state index in [0.717, 1.165) is 0 Å². The molecule has 0 bridgehead atoms. The highest BCUT2D eigenvalue weighted by Crippen LogP contribution is 1.88. The molecule has 0 unspecified atom stereocenters. The summed E-state index contributed by atoms with van der Waals surface area (Å²) in [4.78, 5) is 1.84. The molecular formula is C9H22N+. The van der Waals surface area contributed by atoms with Crippen LogP contribution in [0.4, 0.5) is 0 Å². The molecule has 0 amide bonds. The molecule has 1 rings (SSSR count). The molecule has 10 heavy (non-hydrogen) atoms. The van der Waals surface area contributed by atoms with Gasteiger partial charge in [-0.25, -0.2) is 0 Å². The van der Waals surface area contributed by atoms with Gasteiger partial charge in [-0.05, 0) is 6.42 Å². The molecule has 1 aliphatic heterocycles. The number of hydrogen-bond donors (Lipinski definition) is 1. The lowest BCUT2D eigenvalue weighted by atomic mass is 10.3. The molecule has 0 saturated carbocycles. The lowest BCUT2D eigenvalue weighted by Gasteiger charge is -2.09. The van der Waals surface area contributed by atoms with E-state index in [1.807, 2.05) is 4.90 Å². The Bertz CT molecular complexity index is 65.1. The van der Waals surface area contributed by atoms with Crippen molar-refractivity contribution < 1.29 is 4.90 Å². The molecule has 1 fully saturated rings. The Hall–Kier alpha value is -0.0400. The molecule has 1 N–H and O–H groups in total. The van der Waals surface area contributed by atoms with Gasteiger partial charge in [-0.3, -0.25) is 0 Å². The third-order valence-corrected chi connectivity index (χ3v) is 2.19. The summed E-state index contributed by atoms with van der Waals surface area (Å²) < 4.78 is 0. The van der Waals surface area contributed by atoms with Gasteiger partial charge in [0.05, 0.1) is 19.6 Å². The van der Waals surface area contributed by atoms with Gasteiger partial charge >= 0.3 is 0 Å². The minimum Gasteiger partial charge on any atom is -0.335 e. The summed E-state index contributed by atoms with van der Waals surface area (Å²) in [5, 5.41) is 0. The monoisotopic (exact) mass is 144 g/mol. The highest BCUT2D eigenvalue weighted by atomic mass is 15.1. The second kappa shape index (κ2) is 5.72. The third kappa shape index (κ3) is 3.21. The van der Waals surface area contributed by atoms with Crippen molar-refractivity contribution in [1.82, 2.24) is 0 Å². The number of rotatable bonds is 3. The van der Waals surface area contributed by atoms with Gasteiger partial charge in [0.25, 0.3) is 0 Å². The first-order valence-electron chi connectivity index (χ1n) is 4.27. The van der Waals surface area contributed by atoms with Gasteiger partial charge < -0.3 is 4.90 Å². The van der Waals surface area contributed by atoms with Crippen LogP contribution in [0.15, 0.2) is 0 Å². The highest BCUT2D eigenvalue weighted by molar-refractivity contribution is 4.44. The molecule has 1 saturated heterocycles. The summed E-state index contributed by atoms with van der Waals surface area (Å²) in [6.07, 6.45) is 5.73. The Balaban J connectivity index is 0.000000810. The van der Waals surface area contributed by atoms with E-state index in [1.165, 1.54) is 45.3 Å². The Morgan fingerprint density at radius 3 is 2.30 bits per heavy atom. The summed E-state index contributed by atoms with van der Waals surface area (Å²) in [7, 11) is 0. The highest BCUT2D eigenvalue weighted by Gasteiger charge is 2.13. The number of unbranched alkanes of at least 4 members (excludes halogenated alkanes) is 1. The van der Waals surface area contributed by atoms with Crippen LogP contribution in [0.25, 0.3) is 0 Å². The zero-order valence-corrected chi connectivity index (χ0v) is 6.45. The molecule has 0 aliphatic carbocycles. The largest absolute Gasteiger partial charge is 0.335 e. The first-order valence-corrected chi connectivity index (χ1v) is 4.27. The molecule has 1 heterocycles. The van der Waals surface area contributed by atoms with Gasteiger partial charge in [0, 0.05) is 12.8 Å². The van der Waals surface area contributed by atoms with E-state index in [4.69, 9.17) is 0 Å². The first kappa shape index (κ1) is 9.96. The topological polar surface area (TPSA) is 4.44 Å². The average molecular weight is 144 g/mol. The summed E-state index contributed by atoms with van der Waals surface area (Å²) in [6.45, 7) is 6.59. The van der Waals surface area contributed by atoms with Gasteiger partial charge in [-0.2, -0.15) is 0 Å². The minimum atomic E-state index is 0. The van der Waals surface area contributed by atoms with E-state index in [2.05, 4.69) is 6.92 Å². The van der Waals surface area contributed by atoms with Gasteiger partial charge in [-0.15, -0.1) is 0 Å². The Morgan fingerprint density at radius 1 is 1.20 bits per heavy atom. The number of nitrogens with one attached hydrogen (secondary N) is 1. The molecule has 62 valence electrons. The maximum absolute atomic E-state index is 2.27. The maximum atomic E-state index is 2.27. The van der Waals surface area contributed by atoms with Crippen LogP contribution in [0.1, 0.15) is 40.0 Å². The predicted molar refractivity (Wildman–Crippen MR) is 46.4 cm³/mol. The summed E-state index contributed by atoms with van der Waals surface area (Å²) in [6, 6.07) is 0. The molecular weight excluding hydrogens is 122 g/mol. The zero-order chi connectivity index (χ0) is 6.53. The van der Waals surface area contributed by atoms with Crippen LogP contribution in [0, 0.1) is 0 Å². The van der Waals surface area contributed by atoms with Crippen LogP contribution < -0.4 is 4.90 Å². The van der Waals surface area contributed by atoms with E-state index in [1.54, 1.807) is 0 Å². The second-order valence-corrected chi connectivity index (χ2v) is 3.06. The quantitative estimate of drug-likeness (QED) is 0.605. The molecule has 1 nitrogen and oxygen atoms in total. The van der Waals surface area contributed by atoms with Gasteiger partial charge in [-0.1, -0.05) is 20.8 Å². The molecule has 0 aromatic carbocycles. The van der Waals surface area contributed by atoms with Crippen molar-refractivity contribution in [3.8, 4) is 0 Å². The molecule has 0 radical (unpaired) electrons. The summed E-state index contributed by atoms with van der Waals surface area (Å²) >= 11 is 0. The summed E-state index contributed by atoms with van der Waals surface area (Å²) in [5.41, 5.74) is 0. The van der Waals surface area contributed by atoms with Gasteiger partial charge in [0.1, 0.15) is 0 Å². The Morgan fingerprint density at radius 2 is 1.80 bits per heavy atom. The van der Waals surface area contributed by atoms with E-state index in [9.17, 15) is 0 Å². The minimum absolute atomic E-state index is 0. The smallest absolute Gasteiger partial charge is 0.0773 e. The van der Waals surface area contributed by atoms with Crippen LogP contribution in [-0.2, 0) is 0 Å². The van der Waals surface area contributed by atoms with Crippen molar-refractivity contribution in [1.29, 1.82) is 0 Å². The Kier molecular flexibility index (Phi) is 5.70. The number of hydrogen-bond acceptors (Lipinski definition) is 0. The molecule has 0 aromatic heterocycles. The van der Waals surface area contributed by atoms with Crippen LogP contribution in [0.5, 0.6) is 0 Å². The number of quaternary nitrogens is 1. The van der Waals surface area contributed by atoms with Crippen molar-refractivity contribution in [3.05, 3.63) is 0 Å². The van der Waals surface area contributed by atoms with Crippen molar-refractivity contribution in [2.75, 3.05) is 19.6 Å². The standard InChI is InChI=1S/C8H17N.CH4/c1-2-3-6-9-7-4-5-8-9;/h2-8H2,1H3;1H4/p+1. The average Bonchev–Trinajstić information content (AvgIpc) is 2.34. The van der Waals surface area contributed by atoms with Crippen molar-refractivity contribution >= 4 is 0 Å². The lowest BCUT2D eigenvalue weighted by Crippen LogP contribution is -3.09. The molecule has 1 heteroatoms. The van der Waals surface area contributed by atoms with E-state index in [0.29, 0.717) is 0 Å². The van der Waals surface area contributed by atoms with Gasteiger partial charge in [0.15, 0.2) is 0 Å². The second-order valence-electron chi connectivity index (χ2n) is 3.06. The van der Waals surface area contributed by atoms with E-state index in [-0.39, 0.29) is 7.43 Å². The van der Waals surface area contributed by atoms with Crippen molar-refractivity contribution in [2.45, 2.75) is 40.0 Å². The molecule has 0 aromatic rings. The predicted octanol–water partition coefficient (Wildman–Crippen LogP) is 1.10. The van der Waals surface area contributed by atoms with Crippen LogP contribution in [0.3, 0.4) is 0 Å². The fourth-order valence-corrected chi connectivity index (χ4v) is 1.55. The van der Waals surface area contributed by atoms with Crippen LogP contribution in [-0.4, -0.2) is 19.6 Å². The van der Waals surface area contributed by atoms with E-state index < -0.39 is 0 Å². The maximum Gasteiger partial charge on any atom is 0.0773 e. The van der Waals surface area contributed by atoms with Gasteiger partial charge in [0.2, 0.25) is 0 Å². The summed E-state index contributed by atoms with van der Waals surface area (Å²) in [5.74, 6) is 0. The lowest BCUT2D eigenvalue weighted by molar-refractivity contribution is -0.887. The van der Waals surface area contributed by atoms with Crippen LogP contribution >= 0.6 is 0 Å². The van der Waals surface area contributed by atoms with Crippen molar-refractivity contribution in [2.24, 2.45) is 0 Å². The Labute approximate surface area is 65.4 Å². The van der Waals surface area contributed by atoms with Crippen LogP contribution in [0.2, 0.25) is 0 Å². The number of likely N-dealkylation sites (tertiary alicyclic amines) is 1. The zero-order valence-electron chi connectivity index (χ0n) is 6.45. The van der Waals surface area contributed by atoms with Crippen molar-refractivity contribution in [3.63, 3.8) is 0 Å².